The van der Waals surface area contributed by atoms with Gasteiger partial charge in [-0.15, -0.1) is 12.3 Å². The summed E-state index contributed by atoms with van der Waals surface area (Å²) in [5.41, 5.74) is -1.95. The van der Waals surface area contributed by atoms with Crippen molar-refractivity contribution in [2.75, 3.05) is 0 Å². The van der Waals surface area contributed by atoms with Crippen LogP contribution in [0.1, 0.15) is 23.7 Å². The zero-order chi connectivity index (χ0) is 14.6. The molecule has 0 radical (unpaired) electrons. The number of hydrogen-bond donors (Lipinski definition) is 1. The van der Waals surface area contributed by atoms with Gasteiger partial charge in [0, 0.05) is 18.5 Å². The second kappa shape index (κ2) is 5.91. The molecule has 1 unspecified atom stereocenters. The highest BCUT2D eigenvalue weighted by Gasteiger charge is 2.26. The van der Waals surface area contributed by atoms with Crippen molar-refractivity contribution < 1.29 is 18.5 Å². The lowest BCUT2D eigenvalue weighted by molar-refractivity contribution is -0.387. The van der Waals surface area contributed by atoms with Crippen molar-refractivity contribution in [2.45, 2.75) is 19.4 Å². The van der Waals surface area contributed by atoms with Crippen LogP contribution in [0.4, 0.5) is 14.5 Å². The summed E-state index contributed by atoms with van der Waals surface area (Å²) in [6.07, 6.45) is 5.20. The lowest BCUT2D eigenvalue weighted by atomic mass is 10.1. The Morgan fingerprint density at radius 2 is 2.21 bits per heavy atom. The third kappa shape index (κ3) is 3.25. The summed E-state index contributed by atoms with van der Waals surface area (Å²) >= 11 is 0. The Kier molecular flexibility index (Phi) is 4.53. The predicted octanol–water partition coefficient (Wildman–Crippen LogP) is 2.01. The van der Waals surface area contributed by atoms with E-state index in [-0.39, 0.29) is 6.42 Å². The van der Waals surface area contributed by atoms with Crippen LogP contribution in [0.5, 0.6) is 0 Å². The number of carbonyl (C=O) groups is 1. The number of nitro benzene ring substituents is 1. The van der Waals surface area contributed by atoms with Crippen LogP contribution in [0.25, 0.3) is 0 Å². The number of nitrogens with one attached hydrogen (secondary N) is 1. The van der Waals surface area contributed by atoms with E-state index in [0.29, 0.717) is 12.1 Å². The van der Waals surface area contributed by atoms with Crippen molar-refractivity contribution in [3.63, 3.8) is 0 Å². The van der Waals surface area contributed by atoms with Gasteiger partial charge in [0.15, 0.2) is 0 Å². The molecular weight excluding hydrogens is 258 g/mol. The van der Waals surface area contributed by atoms with Crippen molar-refractivity contribution in [1.82, 2.24) is 5.32 Å². The first kappa shape index (κ1) is 14.6. The molecule has 19 heavy (non-hydrogen) atoms. The van der Waals surface area contributed by atoms with Crippen molar-refractivity contribution in [3.8, 4) is 12.3 Å². The highest BCUT2D eigenvalue weighted by atomic mass is 19.1. The van der Waals surface area contributed by atoms with E-state index >= 15 is 0 Å². The molecule has 1 aromatic carbocycles. The van der Waals surface area contributed by atoms with Crippen LogP contribution < -0.4 is 5.32 Å². The molecule has 0 bridgehead atoms. The highest BCUT2D eigenvalue weighted by Crippen LogP contribution is 2.23. The molecule has 0 spiro atoms. The Morgan fingerprint density at radius 3 is 2.74 bits per heavy atom. The van der Waals surface area contributed by atoms with Crippen molar-refractivity contribution in [2.24, 2.45) is 0 Å². The van der Waals surface area contributed by atoms with Gasteiger partial charge in [0.05, 0.1) is 4.92 Å². The number of benzene rings is 1. The van der Waals surface area contributed by atoms with Gasteiger partial charge in [-0.1, -0.05) is 0 Å². The maximum absolute atomic E-state index is 13.7. The topological polar surface area (TPSA) is 72.2 Å². The molecule has 0 aliphatic heterocycles. The molecule has 0 aliphatic rings. The molecule has 100 valence electrons. The molecule has 0 aliphatic carbocycles. The minimum Gasteiger partial charge on any atom is -0.348 e. The summed E-state index contributed by atoms with van der Waals surface area (Å²) in [5.74, 6) is -1.49. The number of carbonyl (C=O) groups excluding carboxylic acids is 1. The van der Waals surface area contributed by atoms with E-state index in [1.807, 2.05) is 0 Å². The van der Waals surface area contributed by atoms with Crippen LogP contribution >= 0.6 is 0 Å². The monoisotopic (exact) mass is 268 g/mol. The molecule has 1 atom stereocenters. The van der Waals surface area contributed by atoms with Gasteiger partial charge in [0.1, 0.15) is 11.4 Å². The van der Waals surface area contributed by atoms with Crippen molar-refractivity contribution in [1.29, 1.82) is 0 Å². The van der Waals surface area contributed by atoms with Gasteiger partial charge in [-0.2, -0.15) is 4.39 Å². The molecular formula is C12H10F2N2O3. The molecule has 5 nitrogen and oxygen atoms in total. The first-order chi connectivity index (χ1) is 8.88. The average Bonchev–Trinajstić information content (AvgIpc) is 2.28. The first-order valence-corrected chi connectivity index (χ1v) is 5.25. The minimum atomic E-state index is -1.50. The van der Waals surface area contributed by atoms with Gasteiger partial charge < -0.3 is 5.32 Å². The van der Waals surface area contributed by atoms with Crippen LogP contribution in [-0.2, 0) is 0 Å². The Labute approximate surface area is 107 Å². The van der Waals surface area contributed by atoms with Crippen molar-refractivity contribution >= 4 is 11.6 Å². The third-order valence-electron chi connectivity index (χ3n) is 2.30. The van der Waals surface area contributed by atoms with E-state index in [4.69, 9.17) is 6.42 Å². The van der Waals surface area contributed by atoms with E-state index in [0.717, 1.165) is 0 Å². The highest BCUT2D eigenvalue weighted by molar-refractivity contribution is 5.95. The Morgan fingerprint density at radius 1 is 1.58 bits per heavy atom. The quantitative estimate of drug-likeness (QED) is 0.516. The van der Waals surface area contributed by atoms with Crippen LogP contribution in [0.3, 0.4) is 0 Å². The summed E-state index contributed by atoms with van der Waals surface area (Å²) in [5, 5.41) is 12.8. The summed E-state index contributed by atoms with van der Waals surface area (Å²) in [6, 6.07) is 0.824. The molecule has 7 heteroatoms. The molecule has 1 N–H and O–H groups in total. The molecule has 1 aromatic rings. The number of amides is 1. The normalized spacial score (nSPS) is 11.5. The lowest BCUT2D eigenvalue weighted by Gasteiger charge is -2.11. The number of nitrogens with zero attached hydrogens (tertiary/aromatic N) is 1. The minimum absolute atomic E-state index is 0.171. The Balaban J connectivity index is 3.13. The second-order valence-electron chi connectivity index (χ2n) is 3.80. The van der Waals surface area contributed by atoms with Gasteiger partial charge >= 0.3 is 5.69 Å². The van der Waals surface area contributed by atoms with Gasteiger partial charge in [-0.05, 0) is 13.0 Å². The van der Waals surface area contributed by atoms with E-state index in [1.165, 1.54) is 0 Å². The summed E-state index contributed by atoms with van der Waals surface area (Å²) in [7, 11) is 0. The van der Waals surface area contributed by atoms with E-state index < -0.39 is 39.8 Å². The standard InChI is InChI=1S/C12H10F2N2O3/c1-3-4-7(2)15-12(17)10-8(13)5-6-9(11(10)14)16(18)19/h1,5-7H,4H2,2H3,(H,15,17). The summed E-state index contributed by atoms with van der Waals surface area (Å²) in [6.45, 7) is 1.55. The van der Waals surface area contributed by atoms with Gasteiger partial charge in [-0.25, -0.2) is 4.39 Å². The Bertz CT molecular complexity index is 567. The fraction of sp³-hybridized carbons (Fsp3) is 0.250. The maximum Gasteiger partial charge on any atom is 0.305 e. The van der Waals surface area contributed by atoms with Crippen molar-refractivity contribution in [3.05, 3.63) is 39.4 Å². The maximum atomic E-state index is 13.7. The predicted molar refractivity (Wildman–Crippen MR) is 63.4 cm³/mol. The molecule has 1 rings (SSSR count). The largest absolute Gasteiger partial charge is 0.348 e. The molecule has 1 amide bonds. The molecule has 0 fully saturated rings. The van der Waals surface area contributed by atoms with Gasteiger partial charge in [-0.3, -0.25) is 14.9 Å². The zero-order valence-electron chi connectivity index (χ0n) is 9.94. The number of rotatable bonds is 4. The smallest absolute Gasteiger partial charge is 0.305 e. The van der Waals surface area contributed by atoms with Crippen LogP contribution in [0.15, 0.2) is 12.1 Å². The third-order valence-corrected chi connectivity index (χ3v) is 2.30. The molecule has 0 saturated carbocycles. The molecule has 0 saturated heterocycles. The summed E-state index contributed by atoms with van der Waals surface area (Å²) in [4.78, 5) is 21.2. The van der Waals surface area contributed by atoms with Crippen LogP contribution in [0.2, 0.25) is 0 Å². The van der Waals surface area contributed by atoms with Crippen LogP contribution in [0, 0.1) is 34.1 Å². The number of terminal acetylenes is 1. The molecule has 0 heterocycles. The van der Waals surface area contributed by atoms with E-state index in [2.05, 4.69) is 11.2 Å². The number of hydrogen-bond acceptors (Lipinski definition) is 3. The first-order valence-electron chi connectivity index (χ1n) is 5.25. The van der Waals surface area contributed by atoms with Crippen LogP contribution in [-0.4, -0.2) is 16.9 Å². The van der Waals surface area contributed by atoms with E-state index in [1.54, 1.807) is 6.92 Å². The van der Waals surface area contributed by atoms with Gasteiger partial charge in [0.25, 0.3) is 5.91 Å². The number of nitro groups is 1. The van der Waals surface area contributed by atoms with Gasteiger partial charge in [0.2, 0.25) is 5.82 Å². The number of halogens is 2. The second-order valence-corrected chi connectivity index (χ2v) is 3.80. The Hall–Kier alpha value is -2.49. The molecule has 0 aromatic heterocycles. The fourth-order valence-electron chi connectivity index (χ4n) is 1.41. The van der Waals surface area contributed by atoms with E-state index in [9.17, 15) is 23.7 Å². The zero-order valence-corrected chi connectivity index (χ0v) is 9.94. The average molecular weight is 268 g/mol. The lowest BCUT2D eigenvalue weighted by Crippen LogP contribution is -2.33. The fourth-order valence-corrected chi connectivity index (χ4v) is 1.41. The summed E-state index contributed by atoms with van der Waals surface area (Å²) < 4.78 is 27.1. The SMILES string of the molecule is C#CCC(C)NC(=O)c1c(F)ccc([N+](=O)[O-])c1F.